The molecule has 140 valence electrons. The summed E-state index contributed by atoms with van der Waals surface area (Å²) in [5, 5.41) is 10.2. The van der Waals surface area contributed by atoms with Crippen LogP contribution >= 0.6 is 0 Å². The van der Waals surface area contributed by atoms with Gasteiger partial charge in [0.1, 0.15) is 18.5 Å². The highest BCUT2D eigenvalue weighted by atomic mass is 16.5. The van der Waals surface area contributed by atoms with Crippen molar-refractivity contribution in [2.75, 3.05) is 52.9 Å². The molecule has 0 bridgehead atoms. The number of piperazine rings is 1. The van der Waals surface area contributed by atoms with Gasteiger partial charge in [0.05, 0.1) is 0 Å². The topological polar surface area (TPSA) is 39.2 Å². The van der Waals surface area contributed by atoms with Crippen molar-refractivity contribution in [3.63, 3.8) is 0 Å². The standard InChI is InChI=1S/C20H33N3O2/c1-3-23(18-6-7-18)14-17-4-8-20(9-5-17)25-16-19(24)15-22-12-10-21(2)11-13-22/h4-5,8-9,18-19,24H,3,6-7,10-16H2,1-2H3. The van der Waals surface area contributed by atoms with Gasteiger partial charge in [-0.25, -0.2) is 0 Å². The van der Waals surface area contributed by atoms with E-state index in [-0.39, 0.29) is 0 Å². The van der Waals surface area contributed by atoms with Crippen LogP contribution in [0.3, 0.4) is 0 Å². The Morgan fingerprint density at radius 3 is 2.44 bits per heavy atom. The van der Waals surface area contributed by atoms with Gasteiger partial charge in [-0.15, -0.1) is 0 Å². The number of ether oxygens (including phenoxy) is 1. The SMILES string of the molecule is CCN(Cc1ccc(OCC(O)CN2CCN(C)CC2)cc1)C1CC1. The fourth-order valence-electron chi connectivity index (χ4n) is 3.44. The lowest BCUT2D eigenvalue weighted by atomic mass is 10.2. The second-order valence-corrected chi connectivity index (χ2v) is 7.51. The van der Waals surface area contributed by atoms with E-state index in [0.717, 1.165) is 51.1 Å². The van der Waals surface area contributed by atoms with Gasteiger partial charge in [-0.2, -0.15) is 0 Å². The number of nitrogens with zero attached hydrogens (tertiary/aromatic N) is 3. The maximum absolute atomic E-state index is 10.2. The Morgan fingerprint density at radius 2 is 1.84 bits per heavy atom. The molecule has 5 nitrogen and oxygen atoms in total. The lowest BCUT2D eigenvalue weighted by Crippen LogP contribution is -2.47. The molecule has 1 saturated heterocycles. The van der Waals surface area contributed by atoms with E-state index in [4.69, 9.17) is 4.74 Å². The molecule has 3 rings (SSSR count). The largest absolute Gasteiger partial charge is 0.491 e. The van der Waals surface area contributed by atoms with Crippen LogP contribution in [0.5, 0.6) is 5.75 Å². The van der Waals surface area contributed by atoms with E-state index in [1.54, 1.807) is 0 Å². The molecule has 0 amide bonds. The summed E-state index contributed by atoms with van der Waals surface area (Å²) >= 11 is 0. The summed E-state index contributed by atoms with van der Waals surface area (Å²) in [5.74, 6) is 0.843. The molecule has 25 heavy (non-hydrogen) atoms. The van der Waals surface area contributed by atoms with Crippen LogP contribution < -0.4 is 4.74 Å². The Bertz CT molecular complexity index is 510. The van der Waals surface area contributed by atoms with Crippen molar-refractivity contribution in [2.45, 2.75) is 38.5 Å². The molecule has 1 atom stereocenters. The summed E-state index contributed by atoms with van der Waals surface area (Å²) < 4.78 is 5.78. The van der Waals surface area contributed by atoms with Crippen molar-refractivity contribution < 1.29 is 9.84 Å². The van der Waals surface area contributed by atoms with Gasteiger partial charge >= 0.3 is 0 Å². The maximum Gasteiger partial charge on any atom is 0.119 e. The Balaban J connectivity index is 1.39. The predicted molar refractivity (Wildman–Crippen MR) is 101 cm³/mol. The van der Waals surface area contributed by atoms with Gasteiger partial charge in [-0.05, 0) is 44.1 Å². The summed E-state index contributed by atoms with van der Waals surface area (Å²) in [6.07, 6.45) is 2.26. The Morgan fingerprint density at radius 1 is 1.16 bits per heavy atom. The molecule has 0 radical (unpaired) electrons. The predicted octanol–water partition coefficient (Wildman–Crippen LogP) is 1.66. The lowest BCUT2D eigenvalue weighted by Gasteiger charge is -2.33. The van der Waals surface area contributed by atoms with Crippen LogP contribution in [-0.2, 0) is 6.54 Å². The fourth-order valence-corrected chi connectivity index (χ4v) is 3.44. The fraction of sp³-hybridized carbons (Fsp3) is 0.700. The summed E-state index contributed by atoms with van der Waals surface area (Å²) in [6.45, 7) is 9.61. The maximum atomic E-state index is 10.2. The van der Waals surface area contributed by atoms with Crippen LogP contribution in [-0.4, -0.2) is 84.9 Å². The molecule has 1 heterocycles. The van der Waals surface area contributed by atoms with Crippen LogP contribution in [0.15, 0.2) is 24.3 Å². The van der Waals surface area contributed by atoms with E-state index in [2.05, 4.69) is 40.8 Å². The van der Waals surface area contributed by atoms with E-state index >= 15 is 0 Å². The number of benzene rings is 1. The van der Waals surface area contributed by atoms with Crippen molar-refractivity contribution >= 4 is 0 Å². The summed E-state index contributed by atoms with van der Waals surface area (Å²) in [7, 11) is 2.14. The van der Waals surface area contributed by atoms with Crippen molar-refractivity contribution in [3.05, 3.63) is 29.8 Å². The Hall–Kier alpha value is -1.14. The van der Waals surface area contributed by atoms with Gasteiger partial charge < -0.3 is 14.7 Å². The van der Waals surface area contributed by atoms with Gasteiger partial charge in [0.2, 0.25) is 0 Å². The van der Waals surface area contributed by atoms with Gasteiger partial charge in [-0.1, -0.05) is 19.1 Å². The molecule has 0 aromatic heterocycles. The molecule has 2 aliphatic rings. The molecule has 1 aromatic rings. The van der Waals surface area contributed by atoms with Crippen LogP contribution in [0, 0.1) is 0 Å². The third-order valence-electron chi connectivity index (χ3n) is 5.29. The third-order valence-corrected chi connectivity index (χ3v) is 5.29. The molecule has 1 saturated carbocycles. The molecule has 1 aromatic carbocycles. The zero-order chi connectivity index (χ0) is 17.6. The molecule has 1 aliphatic carbocycles. The summed E-state index contributed by atoms with van der Waals surface area (Å²) in [4.78, 5) is 7.17. The van der Waals surface area contributed by atoms with Crippen molar-refractivity contribution in [3.8, 4) is 5.75 Å². The van der Waals surface area contributed by atoms with E-state index < -0.39 is 6.10 Å². The highest BCUT2D eigenvalue weighted by Gasteiger charge is 2.27. The minimum Gasteiger partial charge on any atom is -0.491 e. The Kier molecular flexibility index (Phi) is 6.70. The van der Waals surface area contributed by atoms with Gasteiger partial charge in [0.15, 0.2) is 0 Å². The minimum atomic E-state index is -0.437. The highest BCUT2D eigenvalue weighted by molar-refractivity contribution is 5.27. The molecule has 2 fully saturated rings. The Labute approximate surface area is 152 Å². The number of aliphatic hydroxyl groups excluding tert-OH is 1. The molecular weight excluding hydrogens is 314 g/mol. The molecule has 1 aliphatic heterocycles. The first-order valence-corrected chi connectivity index (χ1v) is 9.69. The smallest absolute Gasteiger partial charge is 0.119 e. The normalized spacial score (nSPS) is 20.8. The first-order chi connectivity index (χ1) is 12.1. The zero-order valence-electron chi connectivity index (χ0n) is 15.7. The number of rotatable bonds is 9. The van der Waals surface area contributed by atoms with E-state index in [0.29, 0.717) is 13.2 Å². The number of β-amino-alcohol motifs (C(OH)–C–C–N with tert-alkyl or cyclic N) is 1. The van der Waals surface area contributed by atoms with Gasteiger partial charge in [0.25, 0.3) is 0 Å². The minimum absolute atomic E-state index is 0.356. The van der Waals surface area contributed by atoms with E-state index in [1.165, 1.54) is 18.4 Å². The summed E-state index contributed by atoms with van der Waals surface area (Å²) in [6, 6.07) is 9.14. The summed E-state index contributed by atoms with van der Waals surface area (Å²) in [5.41, 5.74) is 1.33. The first-order valence-electron chi connectivity index (χ1n) is 9.69. The molecule has 1 N–H and O–H groups in total. The monoisotopic (exact) mass is 347 g/mol. The molecular formula is C20H33N3O2. The van der Waals surface area contributed by atoms with Crippen molar-refractivity contribution in [1.82, 2.24) is 14.7 Å². The van der Waals surface area contributed by atoms with E-state index in [1.807, 2.05) is 12.1 Å². The zero-order valence-corrected chi connectivity index (χ0v) is 15.7. The first kappa shape index (κ1) is 18.6. The number of likely N-dealkylation sites (N-methyl/N-ethyl adjacent to an activating group) is 1. The number of hydrogen-bond donors (Lipinski definition) is 1. The lowest BCUT2D eigenvalue weighted by molar-refractivity contribution is 0.0505. The second-order valence-electron chi connectivity index (χ2n) is 7.51. The van der Waals surface area contributed by atoms with Crippen molar-refractivity contribution in [2.24, 2.45) is 0 Å². The average molecular weight is 348 g/mol. The van der Waals surface area contributed by atoms with Gasteiger partial charge in [-0.3, -0.25) is 9.80 Å². The molecule has 5 heteroatoms. The molecule has 1 unspecified atom stereocenters. The van der Waals surface area contributed by atoms with E-state index in [9.17, 15) is 5.11 Å². The third kappa shape index (κ3) is 5.96. The molecule has 0 spiro atoms. The van der Waals surface area contributed by atoms with Crippen LogP contribution in [0.1, 0.15) is 25.3 Å². The van der Waals surface area contributed by atoms with Crippen molar-refractivity contribution in [1.29, 1.82) is 0 Å². The highest BCUT2D eigenvalue weighted by Crippen LogP contribution is 2.28. The average Bonchev–Trinajstić information content (AvgIpc) is 3.46. The quantitative estimate of drug-likeness (QED) is 0.736. The number of aliphatic hydroxyl groups is 1. The van der Waals surface area contributed by atoms with Crippen LogP contribution in [0.2, 0.25) is 0 Å². The van der Waals surface area contributed by atoms with Crippen LogP contribution in [0.4, 0.5) is 0 Å². The second kappa shape index (κ2) is 8.99. The number of hydrogen-bond acceptors (Lipinski definition) is 5. The van der Waals surface area contributed by atoms with Crippen LogP contribution in [0.25, 0.3) is 0 Å². The van der Waals surface area contributed by atoms with Gasteiger partial charge in [0, 0.05) is 45.3 Å².